The Morgan fingerprint density at radius 1 is 1.46 bits per heavy atom. The van der Waals surface area contributed by atoms with E-state index in [0.29, 0.717) is 5.75 Å². The quantitative estimate of drug-likeness (QED) is 0.441. The molecule has 70 valence electrons. The van der Waals surface area contributed by atoms with Crippen LogP contribution in [-0.2, 0) is 0 Å². The van der Waals surface area contributed by atoms with Gasteiger partial charge in [0.25, 0.3) is 0 Å². The first-order valence-corrected chi connectivity index (χ1v) is 5.11. The zero-order chi connectivity index (χ0) is 9.84. The number of hydrogen-bond donors (Lipinski definition) is 2. The van der Waals surface area contributed by atoms with Crippen molar-refractivity contribution < 1.29 is 0 Å². The van der Waals surface area contributed by atoms with Crippen molar-refractivity contribution >= 4 is 17.6 Å². The Balaban J connectivity index is 2.75. The minimum Gasteiger partial charge on any atom is -0.387 e. The molecular formula is C10H14N2S. The van der Waals surface area contributed by atoms with Crippen LogP contribution in [0.4, 0.5) is 0 Å². The van der Waals surface area contributed by atoms with Gasteiger partial charge in [0.1, 0.15) is 5.84 Å². The van der Waals surface area contributed by atoms with Crippen LogP contribution in [0.15, 0.2) is 23.1 Å². The van der Waals surface area contributed by atoms with E-state index in [1.54, 1.807) is 11.8 Å². The van der Waals surface area contributed by atoms with Crippen LogP contribution < -0.4 is 5.73 Å². The van der Waals surface area contributed by atoms with E-state index in [-0.39, 0.29) is 5.84 Å². The van der Waals surface area contributed by atoms with Crippen molar-refractivity contribution in [1.82, 2.24) is 0 Å². The van der Waals surface area contributed by atoms with Crippen molar-refractivity contribution in [3.8, 4) is 0 Å². The van der Waals surface area contributed by atoms with E-state index in [2.05, 4.69) is 32.0 Å². The molecule has 0 saturated heterocycles. The largest absolute Gasteiger partial charge is 0.387 e. The lowest BCUT2D eigenvalue weighted by atomic mass is 10.2. The molecule has 0 atom stereocenters. The molecule has 1 aromatic carbocycles. The van der Waals surface area contributed by atoms with Crippen LogP contribution in [0.3, 0.4) is 0 Å². The lowest BCUT2D eigenvalue weighted by Gasteiger charge is -2.05. The molecule has 2 nitrogen and oxygen atoms in total. The van der Waals surface area contributed by atoms with E-state index in [4.69, 9.17) is 11.1 Å². The fourth-order valence-electron chi connectivity index (χ4n) is 1.02. The summed E-state index contributed by atoms with van der Waals surface area (Å²) < 4.78 is 0. The van der Waals surface area contributed by atoms with Gasteiger partial charge >= 0.3 is 0 Å². The van der Waals surface area contributed by atoms with E-state index in [0.717, 1.165) is 0 Å². The molecule has 3 N–H and O–H groups in total. The topological polar surface area (TPSA) is 49.9 Å². The molecule has 13 heavy (non-hydrogen) atoms. The predicted molar refractivity (Wildman–Crippen MR) is 58.6 cm³/mol. The Morgan fingerprint density at radius 3 is 2.77 bits per heavy atom. The first-order valence-electron chi connectivity index (χ1n) is 4.12. The second-order valence-electron chi connectivity index (χ2n) is 3.08. The number of thioether (sulfide) groups is 1. The van der Waals surface area contributed by atoms with Gasteiger partial charge in [-0.15, -0.1) is 11.8 Å². The molecule has 0 aromatic heterocycles. The summed E-state index contributed by atoms with van der Waals surface area (Å²) in [6.45, 7) is 4.14. The van der Waals surface area contributed by atoms with E-state index >= 15 is 0 Å². The Hall–Kier alpha value is -0.960. The summed E-state index contributed by atoms with van der Waals surface area (Å²) in [5.41, 5.74) is 7.78. The maximum Gasteiger partial charge on any atom is 0.101 e. The molecule has 0 aliphatic carbocycles. The summed E-state index contributed by atoms with van der Waals surface area (Å²) in [6.07, 6.45) is 0. The Kier molecular flexibility index (Phi) is 3.37. The summed E-state index contributed by atoms with van der Waals surface area (Å²) in [5, 5.41) is 7.12. The fourth-order valence-corrected chi connectivity index (χ4v) is 1.89. The minimum atomic E-state index is 0.228. The second kappa shape index (κ2) is 4.33. The average Bonchev–Trinajstić information content (AvgIpc) is 2.06. The van der Waals surface area contributed by atoms with Gasteiger partial charge in [0.15, 0.2) is 0 Å². The highest BCUT2D eigenvalue weighted by atomic mass is 32.2. The normalized spacial score (nSPS) is 10.0. The predicted octanol–water partition coefficient (Wildman–Crippen LogP) is 2.33. The zero-order valence-electron chi connectivity index (χ0n) is 7.92. The first-order chi connectivity index (χ1) is 6.09. The van der Waals surface area contributed by atoms with Crippen LogP contribution in [0.5, 0.6) is 0 Å². The third-order valence-corrected chi connectivity index (χ3v) is 2.93. The van der Waals surface area contributed by atoms with Gasteiger partial charge in [-0.25, -0.2) is 0 Å². The molecule has 0 radical (unpaired) electrons. The average molecular weight is 194 g/mol. The van der Waals surface area contributed by atoms with Crippen LogP contribution in [0.1, 0.15) is 11.1 Å². The third-order valence-electron chi connectivity index (χ3n) is 1.73. The lowest BCUT2D eigenvalue weighted by Crippen LogP contribution is -2.12. The van der Waals surface area contributed by atoms with Gasteiger partial charge in [-0.05, 0) is 25.5 Å². The maximum absolute atomic E-state index is 7.12. The highest BCUT2D eigenvalue weighted by molar-refractivity contribution is 8.00. The molecule has 0 aliphatic heterocycles. The molecule has 0 heterocycles. The smallest absolute Gasteiger partial charge is 0.101 e. The van der Waals surface area contributed by atoms with Crippen molar-refractivity contribution in [3.63, 3.8) is 0 Å². The molecule has 0 spiro atoms. The van der Waals surface area contributed by atoms with Crippen LogP contribution in [0, 0.1) is 19.3 Å². The van der Waals surface area contributed by atoms with Crippen LogP contribution in [0.25, 0.3) is 0 Å². The van der Waals surface area contributed by atoms with Crippen LogP contribution in [-0.4, -0.2) is 11.6 Å². The van der Waals surface area contributed by atoms with E-state index < -0.39 is 0 Å². The number of nitrogens with two attached hydrogens (primary N) is 1. The van der Waals surface area contributed by atoms with Crippen molar-refractivity contribution in [3.05, 3.63) is 29.3 Å². The number of rotatable bonds is 3. The summed E-state index contributed by atoms with van der Waals surface area (Å²) in [5.74, 6) is 0.801. The van der Waals surface area contributed by atoms with Crippen molar-refractivity contribution in [2.75, 3.05) is 5.75 Å². The van der Waals surface area contributed by atoms with Gasteiger partial charge in [0.05, 0.1) is 5.75 Å². The Bertz CT molecular complexity index is 321. The first kappa shape index (κ1) is 10.1. The molecule has 0 amide bonds. The second-order valence-corrected chi connectivity index (χ2v) is 4.10. The van der Waals surface area contributed by atoms with E-state index in [9.17, 15) is 0 Å². The maximum atomic E-state index is 7.12. The summed E-state index contributed by atoms with van der Waals surface area (Å²) in [6, 6.07) is 6.31. The summed E-state index contributed by atoms with van der Waals surface area (Å²) >= 11 is 1.62. The monoisotopic (exact) mass is 194 g/mol. The number of benzene rings is 1. The highest BCUT2D eigenvalue weighted by Gasteiger charge is 1.99. The Morgan fingerprint density at radius 2 is 2.15 bits per heavy atom. The van der Waals surface area contributed by atoms with Crippen LogP contribution in [0.2, 0.25) is 0 Å². The molecular weight excluding hydrogens is 180 g/mol. The Labute approximate surface area is 83.0 Å². The molecule has 0 fully saturated rings. The molecule has 1 aromatic rings. The molecule has 3 heteroatoms. The van der Waals surface area contributed by atoms with Gasteiger partial charge in [-0.3, -0.25) is 5.41 Å². The highest BCUT2D eigenvalue weighted by Crippen LogP contribution is 2.22. The SMILES string of the molecule is Cc1ccc(C)c(SCC(=N)N)c1. The number of amidine groups is 1. The molecule has 0 bridgehead atoms. The van der Waals surface area contributed by atoms with Gasteiger partial charge < -0.3 is 5.73 Å². The molecule has 0 aliphatic rings. The number of aryl methyl sites for hydroxylation is 2. The zero-order valence-corrected chi connectivity index (χ0v) is 8.74. The van der Waals surface area contributed by atoms with E-state index in [1.807, 2.05) is 0 Å². The van der Waals surface area contributed by atoms with E-state index in [1.165, 1.54) is 16.0 Å². The molecule has 0 saturated carbocycles. The fraction of sp³-hybridized carbons (Fsp3) is 0.300. The molecule has 0 unspecified atom stereocenters. The standard InChI is InChI=1S/C10H14N2S/c1-7-3-4-8(2)9(5-7)13-6-10(11)12/h3-5H,6H2,1-2H3,(H3,11,12). The summed E-state index contributed by atoms with van der Waals surface area (Å²) in [4.78, 5) is 1.22. The van der Waals surface area contributed by atoms with Gasteiger partial charge in [-0.1, -0.05) is 17.7 Å². The van der Waals surface area contributed by atoms with Gasteiger partial charge in [0, 0.05) is 4.90 Å². The number of nitrogens with one attached hydrogen (secondary N) is 1. The number of hydrogen-bond acceptors (Lipinski definition) is 2. The third kappa shape index (κ3) is 3.11. The lowest BCUT2D eigenvalue weighted by molar-refractivity contribution is 1.26. The molecule has 1 rings (SSSR count). The summed E-state index contributed by atoms with van der Waals surface area (Å²) in [7, 11) is 0. The van der Waals surface area contributed by atoms with Crippen molar-refractivity contribution in [1.29, 1.82) is 5.41 Å². The minimum absolute atomic E-state index is 0.228. The van der Waals surface area contributed by atoms with Gasteiger partial charge in [-0.2, -0.15) is 0 Å². The van der Waals surface area contributed by atoms with Crippen molar-refractivity contribution in [2.45, 2.75) is 18.7 Å². The van der Waals surface area contributed by atoms with Gasteiger partial charge in [0.2, 0.25) is 0 Å². The van der Waals surface area contributed by atoms with Crippen LogP contribution >= 0.6 is 11.8 Å². The van der Waals surface area contributed by atoms with Crippen molar-refractivity contribution in [2.24, 2.45) is 5.73 Å².